The van der Waals surface area contributed by atoms with E-state index in [0.29, 0.717) is 35.5 Å². The number of rotatable bonds is 12. The SMILES string of the molecule is CNC(=O)c1cc(Oc2ccc(Nc3ncc(SC)c(Nc4cccc(NC(=O)/C=C/CN5CCOCC5)c4)n3)cc2)ccn1. The first kappa shape index (κ1) is 31.4. The van der Waals surface area contributed by atoms with Crippen LogP contribution in [0.15, 0.2) is 90.1 Å². The molecule has 0 atom stereocenters. The first-order valence-corrected chi connectivity index (χ1v) is 15.5. The molecule has 0 saturated carbocycles. The second kappa shape index (κ2) is 15.7. The summed E-state index contributed by atoms with van der Waals surface area (Å²) in [4.78, 5) is 40.6. The number of benzene rings is 2. The van der Waals surface area contributed by atoms with Crippen molar-refractivity contribution in [2.75, 3.05) is 62.1 Å². The molecule has 1 fully saturated rings. The molecule has 4 N–H and O–H groups in total. The number of aromatic nitrogens is 3. The number of nitrogens with zero attached hydrogens (tertiary/aromatic N) is 4. The maximum Gasteiger partial charge on any atom is 0.269 e. The van der Waals surface area contributed by atoms with E-state index >= 15 is 0 Å². The van der Waals surface area contributed by atoms with Gasteiger partial charge in [-0.1, -0.05) is 12.1 Å². The highest BCUT2D eigenvalue weighted by Crippen LogP contribution is 2.29. The molecule has 0 unspecified atom stereocenters. The minimum absolute atomic E-state index is 0.190. The lowest BCUT2D eigenvalue weighted by Gasteiger charge is -2.25. The molecule has 3 heterocycles. The first-order chi connectivity index (χ1) is 22.0. The van der Waals surface area contributed by atoms with E-state index in [4.69, 9.17) is 14.5 Å². The van der Waals surface area contributed by atoms with Crippen LogP contribution >= 0.6 is 11.8 Å². The number of amides is 2. The molecule has 1 aliphatic heterocycles. The van der Waals surface area contributed by atoms with Gasteiger partial charge >= 0.3 is 0 Å². The van der Waals surface area contributed by atoms with Crippen LogP contribution in [0.2, 0.25) is 0 Å². The normalized spacial score (nSPS) is 13.3. The van der Waals surface area contributed by atoms with Gasteiger partial charge in [-0.25, -0.2) is 4.98 Å². The quantitative estimate of drug-likeness (QED) is 0.124. The molecule has 232 valence electrons. The number of carbonyl (C=O) groups excluding carboxylic acids is 2. The smallest absolute Gasteiger partial charge is 0.269 e. The average molecular weight is 627 g/mol. The van der Waals surface area contributed by atoms with Crippen molar-refractivity contribution >= 4 is 52.4 Å². The fourth-order valence-electron chi connectivity index (χ4n) is 4.36. The van der Waals surface area contributed by atoms with Gasteiger partial charge in [0.2, 0.25) is 11.9 Å². The number of hydrogen-bond acceptors (Lipinski definition) is 11. The Kier molecular flexibility index (Phi) is 10.9. The van der Waals surface area contributed by atoms with Gasteiger partial charge in [0.1, 0.15) is 23.0 Å². The van der Waals surface area contributed by atoms with Crippen molar-refractivity contribution in [1.29, 1.82) is 0 Å². The Balaban J connectivity index is 1.20. The molecule has 45 heavy (non-hydrogen) atoms. The fraction of sp³-hybridized carbons (Fsp3) is 0.219. The number of nitrogens with one attached hydrogen (secondary N) is 4. The summed E-state index contributed by atoms with van der Waals surface area (Å²) >= 11 is 1.52. The van der Waals surface area contributed by atoms with Gasteiger partial charge in [-0.15, -0.1) is 11.8 Å². The van der Waals surface area contributed by atoms with Crippen LogP contribution in [0.3, 0.4) is 0 Å². The number of pyridine rings is 1. The zero-order valence-electron chi connectivity index (χ0n) is 24.9. The molecule has 4 aromatic rings. The number of anilines is 5. The van der Waals surface area contributed by atoms with Gasteiger partial charge in [0.25, 0.3) is 5.91 Å². The number of ether oxygens (including phenoxy) is 2. The van der Waals surface area contributed by atoms with Crippen molar-refractivity contribution in [1.82, 2.24) is 25.2 Å². The van der Waals surface area contributed by atoms with Crippen molar-refractivity contribution in [2.45, 2.75) is 4.90 Å². The summed E-state index contributed by atoms with van der Waals surface area (Å²) in [6.07, 6.45) is 8.66. The molecule has 12 nitrogen and oxygen atoms in total. The van der Waals surface area contributed by atoms with Crippen LogP contribution in [0, 0.1) is 0 Å². The summed E-state index contributed by atoms with van der Waals surface area (Å²) in [6, 6.07) is 18.0. The largest absolute Gasteiger partial charge is 0.457 e. The van der Waals surface area contributed by atoms with Crippen molar-refractivity contribution < 1.29 is 19.1 Å². The van der Waals surface area contributed by atoms with Crippen molar-refractivity contribution in [3.05, 3.63) is 90.9 Å². The second-order valence-electron chi connectivity index (χ2n) is 9.83. The molecule has 0 aliphatic carbocycles. The molecule has 0 bridgehead atoms. The molecular formula is C32H34N8O4S. The minimum atomic E-state index is -0.288. The van der Waals surface area contributed by atoms with E-state index in [1.54, 1.807) is 43.6 Å². The van der Waals surface area contributed by atoms with Gasteiger partial charge in [0.05, 0.1) is 18.1 Å². The maximum atomic E-state index is 12.5. The van der Waals surface area contributed by atoms with Crippen molar-refractivity contribution in [3.8, 4) is 11.5 Å². The molecule has 13 heteroatoms. The lowest BCUT2D eigenvalue weighted by Crippen LogP contribution is -2.36. The van der Waals surface area contributed by atoms with Crippen LogP contribution in [-0.2, 0) is 9.53 Å². The highest BCUT2D eigenvalue weighted by Gasteiger charge is 2.11. The van der Waals surface area contributed by atoms with E-state index in [1.807, 2.05) is 48.7 Å². The summed E-state index contributed by atoms with van der Waals surface area (Å²) in [6.45, 7) is 3.90. The summed E-state index contributed by atoms with van der Waals surface area (Å²) in [5.41, 5.74) is 2.46. The average Bonchev–Trinajstić information content (AvgIpc) is 3.06. The number of morpholine rings is 1. The zero-order chi connectivity index (χ0) is 31.4. The van der Waals surface area contributed by atoms with Crippen LogP contribution < -0.4 is 26.0 Å². The number of hydrogen-bond donors (Lipinski definition) is 4. The lowest BCUT2D eigenvalue weighted by molar-refractivity contribution is -0.111. The van der Waals surface area contributed by atoms with E-state index in [1.165, 1.54) is 18.0 Å². The van der Waals surface area contributed by atoms with Crippen LogP contribution in [0.1, 0.15) is 10.5 Å². The molecule has 2 aromatic heterocycles. The Morgan fingerprint density at radius 3 is 2.56 bits per heavy atom. The molecule has 0 radical (unpaired) electrons. The number of carbonyl (C=O) groups is 2. The van der Waals surface area contributed by atoms with Crippen LogP contribution in [0.5, 0.6) is 11.5 Å². The molecule has 5 rings (SSSR count). The highest BCUT2D eigenvalue weighted by atomic mass is 32.2. The summed E-state index contributed by atoms with van der Waals surface area (Å²) in [5, 5.41) is 12.0. The summed E-state index contributed by atoms with van der Waals surface area (Å²) < 4.78 is 11.2. The molecule has 2 aromatic carbocycles. The standard InChI is InChI=1S/C32H34N8O4S/c1-33-31(42)27-20-26(12-13-34-27)44-25-10-8-22(9-11-25)38-32-35-21-28(45-2)30(39-32)37-24-6-3-5-23(19-24)36-29(41)7-4-14-40-15-17-43-18-16-40/h3-13,19-21H,14-18H2,1-2H3,(H,33,42)(H,36,41)(H2,35,37,38,39)/b7-4+. The van der Waals surface area contributed by atoms with E-state index < -0.39 is 0 Å². The van der Waals surface area contributed by atoms with Crippen LogP contribution in [0.25, 0.3) is 0 Å². The fourth-order valence-corrected chi connectivity index (χ4v) is 4.80. The summed E-state index contributed by atoms with van der Waals surface area (Å²) in [7, 11) is 1.55. The molecule has 1 aliphatic rings. The second-order valence-corrected chi connectivity index (χ2v) is 10.7. The predicted molar refractivity (Wildman–Crippen MR) is 176 cm³/mol. The topological polar surface area (TPSA) is 143 Å². The van der Waals surface area contributed by atoms with Crippen molar-refractivity contribution in [3.63, 3.8) is 0 Å². The maximum absolute atomic E-state index is 12.5. The Hall–Kier alpha value is -4.98. The van der Waals surface area contributed by atoms with Gasteiger partial charge in [-0.05, 0) is 54.8 Å². The molecule has 0 spiro atoms. The van der Waals surface area contributed by atoms with Crippen LogP contribution in [0.4, 0.5) is 28.8 Å². The van der Waals surface area contributed by atoms with Gasteiger partial charge in [0, 0.05) is 68.3 Å². The zero-order valence-corrected chi connectivity index (χ0v) is 25.8. The van der Waals surface area contributed by atoms with Gasteiger partial charge in [0.15, 0.2) is 0 Å². The third-order valence-corrected chi connectivity index (χ3v) is 7.38. The van der Waals surface area contributed by atoms with Crippen molar-refractivity contribution in [2.24, 2.45) is 0 Å². The van der Waals surface area contributed by atoms with Gasteiger partial charge < -0.3 is 30.7 Å². The Morgan fingerprint density at radius 1 is 0.978 bits per heavy atom. The Morgan fingerprint density at radius 2 is 1.78 bits per heavy atom. The van der Waals surface area contributed by atoms with E-state index in [-0.39, 0.29) is 17.5 Å². The van der Waals surface area contributed by atoms with Gasteiger partial charge in [-0.2, -0.15) is 4.98 Å². The lowest BCUT2D eigenvalue weighted by atomic mass is 10.2. The molecular weight excluding hydrogens is 592 g/mol. The van der Waals surface area contributed by atoms with Crippen LogP contribution in [-0.4, -0.2) is 77.8 Å². The Labute approximate surface area is 265 Å². The van der Waals surface area contributed by atoms with E-state index in [9.17, 15) is 9.59 Å². The molecule has 1 saturated heterocycles. The minimum Gasteiger partial charge on any atom is -0.457 e. The highest BCUT2D eigenvalue weighted by molar-refractivity contribution is 7.98. The molecule has 2 amide bonds. The van der Waals surface area contributed by atoms with E-state index in [0.717, 1.165) is 42.6 Å². The predicted octanol–water partition coefficient (Wildman–Crippen LogP) is 5.06. The monoisotopic (exact) mass is 626 g/mol. The Bertz CT molecular complexity index is 1640. The third-order valence-electron chi connectivity index (χ3n) is 6.64. The van der Waals surface area contributed by atoms with E-state index in [2.05, 4.69) is 36.1 Å². The number of thioether (sulfide) groups is 1. The first-order valence-electron chi connectivity index (χ1n) is 14.3. The summed E-state index contributed by atoms with van der Waals surface area (Å²) in [5.74, 6) is 1.64. The third kappa shape index (κ3) is 9.25. The van der Waals surface area contributed by atoms with Gasteiger partial charge in [-0.3, -0.25) is 19.5 Å².